The summed E-state index contributed by atoms with van der Waals surface area (Å²) in [5, 5.41) is 0.648. The van der Waals surface area contributed by atoms with Gasteiger partial charge in [0, 0.05) is 0 Å². The number of para-hydroxylation sites is 1. The van der Waals surface area contributed by atoms with Crippen molar-refractivity contribution >= 4 is 26.7 Å². The molecular formula is C11H17FN2S. The minimum absolute atomic E-state index is 0.500. The number of benzene rings is 1. The Balaban J connectivity index is 0.000000442. The number of aryl methyl sites for hydroxylation is 1. The number of hydrogen-bond donors (Lipinski definition) is 1. The molecule has 84 valence electrons. The highest BCUT2D eigenvalue weighted by molar-refractivity contribution is 7.22. The van der Waals surface area contributed by atoms with Crippen molar-refractivity contribution in [1.82, 2.24) is 4.98 Å². The lowest BCUT2D eigenvalue weighted by Crippen LogP contribution is -1.80. The van der Waals surface area contributed by atoms with Gasteiger partial charge >= 0.3 is 0 Å². The molecule has 0 aliphatic rings. The summed E-state index contributed by atoms with van der Waals surface area (Å²) in [4.78, 5) is 4.21. The predicted octanol–water partition coefficient (Wildman–Crippen LogP) is 3.80. The second kappa shape index (κ2) is 7.17. The molecule has 0 spiro atoms. The van der Waals surface area contributed by atoms with Gasteiger partial charge in [-0.15, -0.1) is 0 Å². The van der Waals surface area contributed by atoms with Crippen molar-refractivity contribution in [2.24, 2.45) is 0 Å². The molecule has 0 radical (unpaired) electrons. The molecule has 15 heavy (non-hydrogen) atoms. The molecule has 1 heterocycles. The Morgan fingerprint density at radius 2 is 1.87 bits per heavy atom. The quantitative estimate of drug-likeness (QED) is 0.745. The van der Waals surface area contributed by atoms with Crippen LogP contribution < -0.4 is 5.73 Å². The summed E-state index contributed by atoms with van der Waals surface area (Å²) in [6.07, 6.45) is 0. The smallest absolute Gasteiger partial charge is 0.181 e. The van der Waals surface area contributed by atoms with E-state index in [1.165, 1.54) is 21.6 Å². The summed E-state index contributed by atoms with van der Waals surface area (Å²) < 4.78 is 10.7. The number of hydrogen-bond acceptors (Lipinski definition) is 3. The summed E-state index contributed by atoms with van der Waals surface area (Å²) in [5.41, 5.74) is 7.79. The molecule has 0 atom stereocenters. The SMILES string of the molecule is CC.CF.Cc1cccc2sc(N)nc12. The lowest BCUT2D eigenvalue weighted by atomic mass is 10.2. The molecule has 2 nitrogen and oxygen atoms in total. The highest BCUT2D eigenvalue weighted by Gasteiger charge is 2.01. The monoisotopic (exact) mass is 228 g/mol. The van der Waals surface area contributed by atoms with Gasteiger partial charge < -0.3 is 5.73 Å². The van der Waals surface area contributed by atoms with Gasteiger partial charge in [0.05, 0.1) is 17.4 Å². The van der Waals surface area contributed by atoms with Gasteiger partial charge in [0.1, 0.15) is 0 Å². The van der Waals surface area contributed by atoms with E-state index in [0.717, 1.165) is 5.52 Å². The Bertz CT molecular complexity index is 398. The van der Waals surface area contributed by atoms with Crippen molar-refractivity contribution in [2.45, 2.75) is 20.8 Å². The van der Waals surface area contributed by atoms with E-state index in [4.69, 9.17) is 5.73 Å². The zero-order valence-electron chi connectivity index (χ0n) is 9.54. The van der Waals surface area contributed by atoms with Gasteiger partial charge in [-0.25, -0.2) is 4.98 Å². The van der Waals surface area contributed by atoms with E-state index in [-0.39, 0.29) is 0 Å². The van der Waals surface area contributed by atoms with Gasteiger partial charge in [-0.2, -0.15) is 0 Å². The van der Waals surface area contributed by atoms with Crippen molar-refractivity contribution in [2.75, 3.05) is 12.9 Å². The van der Waals surface area contributed by atoms with Gasteiger partial charge in [0.2, 0.25) is 0 Å². The maximum Gasteiger partial charge on any atom is 0.181 e. The molecule has 2 N–H and O–H groups in total. The molecule has 0 saturated carbocycles. The molecule has 0 bridgehead atoms. The lowest BCUT2D eigenvalue weighted by molar-refractivity contribution is 0.636. The molecule has 0 unspecified atom stereocenters. The summed E-state index contributed by atoms with van der Waals surface area (Å²) in [6, 6.07) is 6.10. The second-order valence-electron chi connectivity index (χ2n) is 2.47. The number of halogens is 1. The fourth-order valence-electron chi connectivity index (χ4n) is 1.10. The predicted molar refractivity (Wildman–Crippen MR) is 67.1 cm³/mol. The third-order valence-corrected chi connectivity index (χ3v) is 2.49. The third-order valence-electron chi connectivity index (χ3n) is 1.64. The summed E-state index contributed by atoms with van der Waals surface area (Å²) in [7, 11) is 0.500. The number of nitrogens with two attached hydrogens (primary N) is 1. The zero-order chi connectivity index (χ0) is 11.8. The van der Waals surface area contributed by atoms with Crippen LogP contribution in [-0.2, 0) is 0 Å². The van der Waals surface area contributed by atoms with Gasteiger partial charge in [0.15, 0.2) is 5.13 Å². The Labute approximate surface area is 93.9 Å². The van der Waals surface area contributed by atoms with Gasteiger partial charge in [0.25, 0.3) is 0 Å². The molecule has 1 aromatic carbocycles. The van der Waals surface area contributed by atoms with E-state index in [9.17, 15) is 4.39 Å². The molecule has 0 aliphatic carbocycles. The number of thiazole rings is 1. The fraction of sp³-hybridized carbons (Fsp3) is 0.364. The van der Waals surface area contributed by atoms with Crippen LogP contribution in [0.5, 0.6) is 0 Å². The number of rotatable bonds is 0. The summed E-state index contributed by atoms with van der Waals surface area (Å²) in [5.74, 6) is 0. The highest BCUT2D eigenvalue weighted by atomic mass is 32.1. The fourth-order valence-corrected chi connectivity index (χ4v) is 1.92. The molecule has 2 rings (SSSR count). The average molecular weight is 228 g/mol. The largest absolute Gasteiger partial charge is 0.375 e. The van der Waals surface area contributed by atoms with Crippen LogP contribution in [0.3, 0.4) is 0 Å². The molecule has 0 saturated heterocycles. The van der Waals surface area contributed by atoms with Crippen molar-refractivity contribution in [1.29, 1.82) is 0 Å². The van der Waals surface area contributed by atoms with E-state index in [2.05, 4.69) is 4.98 Å². The molecule has 1 aromatic heterocycles. The van der Waals surface area contributed by atoms with Crippen molar-refractivity contribution in [3.63, 3.8) is 0 Å². The number of aromatic nitrogens is 1. The van der Waals surface area contributed by atoms with E-state index >= 15 is 0 Å². The van der Waals surface area contributed by atoms with E-state index < -0.39 is 0 Å². The Morgan fingerprint density at radius 3 is 2.40 bits per heavy atom. The van der Waals surface area contributed by atoms with Crippen LogP contribution >= 0.6 is 11.3 Å². The van der Waals surface area contributed by atoms with Crippen molar-refractivity contribution in [3.8, 4) is 0 Å². The topological polar surface area (TPSA) is 38.9 Å². The van der Waals surface area contributed by atoms with Crippen LogP contribution in [0.2, 0.25) is 0 Å². The van der Waals surface area contributed by atoms with Crippen LogP contribution in [0.4, 0.5) is 9.52 Å². The first-order valence-corrected chi connectivity index (χ1v) is 5.58. The number of anilines is 1. The molecule has 0 fully saturated rings. The molecule has 0 aliphatic heterocycles. The van der Waals surface area contributed by atoms with E-state index in [1.54, 1.807) is 0 Å². The van der Waals surface area contributed by atoms with Gasteiger partial charge in [-0.3, -0.25) is 4.39 Å². The normalized spacial score (nSPS) is 8.60. The number of nitrogen functional groups attached to an aromatic ring is 1. The zero-order valence-corrected chi connectivity index (χ0v) is 10.4. The van der Waals surface area contributed by atoms with Crippen LogP contribution in [-0.4, -0.2) is 12.2 Å². The second-order valence-corrected chi connectivity index (χ2v) is 3.54. The van der Waals surface area contributed by atoms with Crippen LogP contribution in [0.15, 0.2) is 18.2 Å². The first-order valence-electron chi connectivity index (χ1n) is 4.77. The first-order chi connectivity index (χ1) is 7.27. The molecular weight excluding hydrogens is 211 g/mol. The number of nitrogens with zero attached hydrogens (tertiary/aromatic N) is 1. The Kier molecular flexibility index (Phi) is 6.62. The van der Waals surface area contributed by atoms with Crippen LogP contribution in [0.25, 0.3) is 10.2 Å². The maximum atomic E-state index is 9.50. The van der Waals surface area contributed by atoms with Gasteiger partial charge in [-0.1, -0.05) is 37.3 Å². The molecule has 2 aromatic rings. The maximum absolute atomic E-state index is 9.50. The van der Waals surface area contributed by atoms with Crippen molar-refractivity contribution in [3.05, 3.63) is 23.8 Å². The minimum Gasteiger partial charge on any atom is -0.375 e. The Morgan fingerprint density at radius 1 is 1.27 bits per heavy atom. The van der Waals surface area contributed by atoms with E-state index in [1.807, 2.05) is 39.0 Å². The Hall–Kier alpha value is -1.16. The molecule has 4 heteroatoms. The third kappa shape index (κ3) is 3.47. The van der Waals surface area contributed by atoms with Crippen LogP contribution in [0, 0.1) is 6.92 Å². The lowest BCUT2D eigenvalue weighted by Gasteiger charge is -1.89. The first kappa shape index (κ1) is 13.8. The number of alkyl halides is 1. The number of fused-ring (bicyclic) bond motifs is 1. The van der Waals surface area contributed by atoms with E-state index in [0.29, 0.717) is 12.3 Å². The van der Waals surface area contributed by atoms with Crippen LogP contribution in [0.1, 0.15) is 19.4 Å². The summed E-state index contributed by atoms with van der Waals surface area (Å²) in [6.45, 7) is 6.04. The molecule has 0 amide bonds. The highest BCUT2D eigenvalue weighted by Crippen LogP contribution is 2.25. The minimum atomic E-state index is 0.500. The van der Waals surface area contributed by atoms with Crippen molar-refractivity contribution < 1.29 is 4.39 Å². The standard InChI is InChI=1S/C8H8N2S.C2H6.CH3F/c1-5-3-2-4-6-7(5)10-8(9)11-6;2*1-2/h2-4H,1H3,(H2,9,10);1-2H3;1H3. The van der Waals surface area contributed by atoms with Gasteiger partial charge in [-0.05, 0) is 18.6 Å². The summed E-state index contributed by atoms with van der Waals surface area (Å²) >= 11 is 1.53. The average Bonchev–Trinajstić information content (AvgIpc) is 2.66.